The molecule has 7 heteroatoms. The molecule has 176 valence electrons. The van der Waals surface area contributed by atoms with Gasteiger partial charge in [-0.3, -0.25) is 14.6 Å². The average molecular weight is 452 g/mol. The zero-order valence-electron chi connectivity index (χ0n) is 19.5. The van der Waals surface area contributed by atoms with E-state index < -0.39 is 0 Å². The maximum absolute atomic E-state index is 13.8. The van der Waals surface area contributed by atoms with Crippen LogP contribution < -0.4 is 9.47 Å². The first-order valence-corrected chi connectivity index (χ1v) is 11.8. The minimum atomic E-state index is -0.231. The third-order valence-corrected chi connectivity index (χ3v) is 7.38. The van der Waals surface area contributed by atoms with Crippen molar-refractivity contribution < 1.29 is 19.0 Å². The molecule has 0 N–H and O–H groups in total. The fourth-order valence-corrected chi connectivity index (χ4v) is 5.72. The second kappa shape index (κ2) is 9.33. The highest BCUT2D eigenvalue weighted by Crippen LogP contribution is 2.42. The summed E-state index contributed by atoms with van der Waals surface area (Å²) >= 11 is 0. The summed E-state index contributed by atoms with van der Waals surface area (Å²) in [5, 5.41) is 0. The second-order valence-electron chi connectivity index (χ2n) is 9.14. The summed E-state index contributed by atoms with van der Waals surface area (Å²) in [5.41, 5.74) is 2.11. The Labute approximate surface area is 195 Å². The molecule has 0 aliphatic carbocycles. The number of amides is 1. The summed E-state index contributed by atoms with van der Waals surface area (Å²) in [6.45, 7) is 5.40. The quantitative estimate of drug-likeness (QED) is 0.673. The normalized spacial score (nSPS) is 23.0. The molecule has 3 aliphatic heterocycles. The van der Waals surface area contributed by atoms with E-state index in [1.807, 2.05) is 30.3 Å². The molecule has 5 rings (SSSR count). The Bertz CT molecular complexity index is 977. The number of ether oxygens (including phenoxy) is 3. The molecular formula is C26H33N3O4. The SMILES string of the molecule is COc1ccc(CN2CCN3[C@H](C2)C(=O)N(Cc2ccccc2)C32CCOCC2)cc1OC. The van der Waals surface area contributed by atoms with E-state index in [0.29, 0.717) is 19.8 Å². The molecule has 0 radical (unpaired) electrons. The third-order valence-electron chi connectivity index (χ3n) is 7.38. The Balaban J connectivity index is 1.36. The Hall–Kier alpha value is -2.61. The number of rotatable bonds is 6. The van der Waals surface area contributed by atoms with Gasteiger partial charge < -0.3 is 19.1 Å². The second-order valence-corrected chi connectivity index (χ2v) is 9.14. The molecule has 3 heterocycles. The first-order valence-electron chi connectivity index (χ1n) is 11.8. The smallest absolute Gasteiger partial charge is 0.243 e. The number of carbonyl (C=O) groups excluding carboxylic acids is 1. The van der Waals surface area contributed by atoms with Crippen LogP contribution in [-0.2, 0) is 22.6 Å². The number of fused-ring (bicyclic) bond motifs is 2. The lowest BCUT2D eigenvalue weighted by atomic mass is 9.96. The van der Waals surface area contributed by atoms with Gasteiger partial charge in [-0.1, -0.05) is 36.4 Å². The predicted molar refractivity (Wildman–Crippen MR) is 125 cm³/mol. The first-order chi connectivity index (χ1) is 16.1. The van der Waals surface area contributed by atoms with Crippen molar-refractivity contribution in [3.05, 3.63) is 59.7 Å². The zero-order valence-corrected chi connectivity index (χ0v) is 19.5. The van der Waals surface area contributed by atoms with Crippen molar-refractivity contribution in [1.29, 1.82) is 0 Å². The van der Waals surface area contributed by atoms with Gasteiger partial charge in [-0.05, 0) is 23.3 Å². The Morgan fingerprint density at radius 3 is 2.42 bits per heavy atom. The molecular weight excluding hydrogens is 418 g/mol. The largest absolute Gasteiger partial charge is 0.493 e. The van der Waals surface area contributed by atoms with E-state index >= 15 is 0 Å². The van der Waals surface area contributed by atoms with Crippen LogP contribution in [0.2, 0.25) is 0 Å². The zero-order chi connectivity index (χ0) is 22.8. The monoisotopic (exact) mass is 451 g/mol. The van der Waals surface area contributed by atoms with Crippen molar-refractivity contribution in [2.24, 2.45) is 0 Å². The standard InChI is InChI=1S/C26H33N3O4/c1-31-23-9-8-21(16-24(23)32-2)17-27-12-13-28-22(19-27)25(30)29(18-20-6-4-3-5-7-20)26(28)10-14-33-15-11-26/h3-9,16,22H,10-15,17-19H2,1-2H3/t22-/m1/s1. The van der Waals surface area contributed by atoms with Gasteiger partial charge in [0.1, 0.15) is 11.7 Å². The molecule has 7 nitrogen and oxygen atoms in total. The highest BCUT2D eigenvalue weighted by atomic mass is 16.5. The van der Waals surface area contributed by atoms with Gasteiger partial charge in [0.15, 0.2) is 11.5 Å². The lowest BCUT2D eigenvalue weighted by molar-refractivity contribution is -0.137. The van der Waals surface area contributed by atoms with Gasteiger partial charge in [0.25, 0.3) is 0 Å². The fraction of sp³-hybridized carbons (Fsp3) is 0.500. The van der Waals surface area contributed by atoms with Crippen molar-refractivity contribution in [3.63, 3.8) is 0 Å². The molecule has 0 aromatic heterocycles. The summed E-state index contributed by atoms with van der Waals surface area (Å²) < 4.78 is 16.6. The molecule has 0 bridgehead atoms. The molecule has 2 aromatic rings. The van der Waals surface area contributed by atoms with Crippen LogP contribution in [0.25, 0.3) is 0 Å². The maximum atomic E-state index is 13.8. The summed E-state index contributed by atoms with van der Waals surface area (Å²) in [6.07, 6.45) is 1.75. The van der Waals surface area contributed by atoms with Gasteiger partial charge in [-0.2, -0.15) is 0 Å². The molecule has 0 unspecified atom stereocenters. The van der Waals surface area contributed by atoms with Gasteiger partial charge in [0, 0.05) is 45.6 Å². The van der Waals surface area contributed by atoms with E-state index in [0.717, 1.165) is 56.1 Å². The van der Waals surface area contributed by atoms with Crippen molar-refractivity contribution in [1.82, 2.24) is 14.7 Å². The molecule has 3 aliphatic rings. The highest BCUT2D eigenvalue weighted by molar-refractivity contribution is 5.85. The van der Waals surface area contributed by atoms with Crippen LogP contribution in [-0.4, -0.2) is 79.4 Å². The van der Waals surface area contributed by atoms with Crippen molar-refractivity contribution in [3.8, 4) is 11.5 Å². The van der Waals surface area contributed by atoms with E-state index in [2.05, 4.69) is 32.9 Å². The molecule has 1 atom stereocenters. The molecule has 3 saturated heterocycles. The first kappa shape index (κ1) is 22.2. The predicted octanol–water partition coefficient (Wildman–Crippen LogP) is 2.74. The number of methoxy groups -OCH3 is 2. The number of hydrogen-bond donors (Lipinski definition) is 0. The van der Waals surface area contributed by atoms with Crippen LogP contribution in [0, 0.1) is 0 Å². The summed E-state index contributed by atoms with van der Waals surface area (Å²) in [6, 6.07) is 16.3. The maximum Gasteiger partial charge on any atom is 0.243 e. The number of hydrogen-bond acceptors (Lipinski definition) is 6. The number of benzene rings is 2. The molecule has 1 amide bonds. The van der Waals surface area contributed by atoms with Gasteiger partial charge in [0.05, 0.1) is 27.4 Å². The Kier molecular flexibility index (Phi) is 6.27. The lowest BCUT2D eigenvalue weighted by Gasteiger charge is -2.49. The van der Waals surface area contributed by atoms with Crippen molar-refractivity contribution in [2.45, 2.75) is 37.6 Å². The van der Waals surface area contributed by atoms with Crippen LogP contribution in [0.1, 0.15) is 24.0 Å². The topological polar surface area (TPSA) is 54.5 Å². The molecule has 1 spiro atoms. The van der Waals surface area contributed by atoms with Gasteiger partial charge in [0.2, 0.25) is 5.91 Å². The fourth-order valence-electron chi connectivity index (χ4n) is 5.72. The van der Waals surface area contributed by atoms with Crippen LogP contribution in [0.5, 0.6) is 11.5 Å². The summed E-state index contributed by atoms with van der Waals surface area (Å²) in [5.74, 6) is 1.72. The van der Waals surface area contributed by atoms with Crippen LogP contribution >= 0.6 is 0 Å². The molecule has 3 fully saturated rings. The minimum absolute atomic E-state index is 0.110. The summed E-state index contributed by atoms with van der Waals surface area (Å²) in [7, 11) is 3.31. The van der Waals surface area contributed by atoms with Gasteiger partial charge in [-0.25, -0.2) is 0 Å². The van der Waals surface area contributed by atoms with E-state index in [9.17, 15) is 4.79 Å². The Morgan fingerprint density at radius 1 is 0.939 bits per heavy atom. The van der Waals surface area contributed by atoms with Gasteiger partial charge >= 0.3 is 0 Å². The molecule has 33 heavy (non-hydrogen) atoms. The van der Waals surface area contributed by atoms with E-state index in [4.69, 9.17) is 14.2 Å². The van der Waals surface area contributed by atoms with Gasteiger partial charge in [-0.15, -0.1) is 0 Å². The van der Waals surface area contributed by atoms with Crippen molar-refractivity contribution >= 4 is 5.91 Å². The third kappa shape index (κ3) is 4.09. The minimum Gasteiger partial charge on any atom is -0.493 e. The van der Waals surface area contributed by atoms with Crippen LogP contribution in [0.15, 0.2) is 48.5 Å². The number of nitrogens with zero attached hydrogens (tertiary/aromatic N) is 3. The average Bonchev–Trinajstić information content (AvgIpc) is 3.07. The summed E-state index contributed by atoms with van der Waals surface area (Å²) in [4.78, 5) is 20.8. The van der Waals surface area contributed by atoms with Crippen molar-refractivity contribution in [2.75, 3.05) is 47.1 Å². The van der Waals surface area contributed by atoms with E-state index in [-0.39, 0.29) is 17.6 Å². The number of piperazine rings is 1. The van der Waals surface area contributed by atoms with E-state index in [1.165, 1.54) is 5.56 Å². The lowest BCUT2D eigenvalue weighted by Crippen LogP contribution is -2.61. The molecule has 0 saturated carbocycles. The number of carbonyl (C=O) groups is 1. The van der Waals surface area contributed by atoms with E-state index in [1.54, 1.807) is 14.2 Å². The Morgan fingerprint density at radius 2 is 1.70 bits per heavy atom. The molecule has 2 aromatic carbocycles. The van der Waals surface area contributed by atoms with Crippen LogP contribution in [0.3, 0.4) is 0 Å². The van der Waals surface area contributed by atoms with Crippen LogP contribution in [0.4, 0.5) is 0 Å². The highest BCUT2D eigenvalue weighted by Gasteiger charge is 2.58.